The molecule has 2 aromatic rings. The molecular formula is C14H18BN3O2S. The molecule has 1 aromatic carbocycles. The van der Waals surface area contributed by atoms with Crippen LogP contribution in [0, 0.1) is 0 Å². The number of anilines is 1. The first-order chi connectivity index (χ1) is 10.2. The molecule has 110 valence electrons. The zero-order chi connectivity index (χ0) is 14.7. The summed E-state index contributed by atoms with van der Waals surface area (Å²) < 4.78 is 0. The first-order valence-electron chi connectivity index (χ1n) is 7.05. The Morgan fingerprint density at radius 2 is 1.90 bits per heavy atom. The van der Waals surface area contributed by atoms with Crippen molar-refractivity contribution in [1.29, 1.82) is 0 Å². The summed E-state index contributed by atoms with van der Waals surface area (Å²) in [5, 5.41) is 21.9. The fraction of sp³-hybridized carbons (Fsp3) is 0.357. The summed E-state index contributed by atoms with van der Waals surface area (Å²) in [5.74, 6) is 0. The second-order valence-corrected chi connectivity index (χ2v) is 6.02. The van der Waals surface area contributed by atoms with Crippen molar-refractivity contribution in [3.05, 3.63) is 41.4 Å². The Hall–Kier alpha value is -1.41. The Morgan fingerprint density at radius 1 is 1.14 bits per heavy atom. The van der Waals surface area contributed by atoms with E-state index in [2.05, 4.69) is 14.8 Å². The highest BCUT2D eigenvalue weighted by Crippen LogP contribution is 2.19. The average Bonchev–Trinajstić information content (AvgIpc) is 3.03. The number of thiazole rings is 1. The minimum atomic E-state index is -1.40. The summed E-state index contributed by atoms with van der Waals surface area (Å²) in [7, 11) is -1.40. The quantitative estimate of drug-likeness (QED) is 0.787. The standard InChI is InChI=1S/C14H18BN3O2S/c19-15(20)13-4-2-1-3-12(13)11-17-6-8-18(9-7-17)14-16-5-10-21-14/h1-5,10,19-20H,6-9,11H2. The van der Waals surface area contributed by atoms with Gasteiger partial charge in [0.15, 0.2) is 5.13 Å². The number of aromatic nitrogens is 1. The maximum Gasteiger partial charge on any atom is 0.488 e. The maximum absolute atomic E-state index is 9.42. The smallest absolute Gasteiger partial charge is 0.423 e. The van der Waals surface area contributed by atoms with Crippen molar-refractivity contribution in [2.75, 3.05) is 31.1 Å². The van der Waals surface area contributed by atoms with Gasteiger partial charge in [-0.15, -0.1) is 11.3 Å². The fourth-order valence-corrected chi connectivity index (χ4v) is 3.34. The van der Waals surface area contributed by atoms with Gasteiger partial charge in [-0.2, -0.15) is 0 Å². The van der Waals surface area contributed by atoms with E-state index in [1.165, 1.54) is 0 Å². The average molecular weight is 303 g/mol. The molecule has 1 fully saturated rings. The highest BCUT2D eigenvalue weighted by Gasteiger charge is 2.21. The van der Waals surface area contributed by atoms with Crippen LogP contribution in [-0.2, 0) is 6.54 Å². The van der Waals surface area contributed by atoms with Crippen LogP contribution in [0.3, 0.4) is 0 Å². The van der Waals surface area contributed by atoms with Crippen molar-refractivity contribution in [2.24, 2.45) is 0 Å². The molecule has 2 N–H and O–H groups in total. The Balaban J connectivity index is 1.61. The molecule has 0 radical (unpaired) electrons. The number of benzene rings is 1. The van der Waals surface area contributed by atoms with Gasteiger partial charge in [-0.3, -0.25) is 4.90 Å². The zero-order valence-electron chi connectivity index (χ0n) is 11.7. The molecule has 5 nitrogen and oxygen atoms in total. The van der Waals surface area contributed by atoms with E-state index in [-0.39, 0.29) is 0 Å². The second kappa shape index (κ2) is 6.57. The van der Waals surface area contributed by atoms with Crippen LogP contribution in [0.2, 0.25) is 0 Å². The summed E-state index contributed by atoms with van der Waals surface area (Å²) in [6.45, 7) is 4.57. The molecule has 3 rings (SSSR count). The minimum Gasteiger partial charge on any atom is -0.423 e. The summed E-state index contributed by atoms with van der Waals surface area (Å²) in [6.07, 6.45) is 1.84. The van der Waals surface area contributed by atoms with Crippen molar-refractivity contribution < 1.29 is 10.0 Å². The third kappa shape index (κ3) is 3.44. The molecule has 1 aliphatic heterocycles. The SMILES string of the molecule is OB(O)c1ccccc1CN1CCN(c2nccs2)CC1. The maximum atomic E-state index is 9.42. The van der Waals surface area contributed by atoms with Gasteiger partial charge >= 0.3 is 7.12 Å². The Labute approximate surface area is 128 Å². The van der Waals surface area contributed by atoms with E-state index in [4.69, 9.17) is 0 Å². The van der Waals surface area contributed by atoms with Crippen LogP contribution in [0.5, 0.6) is 0 Å². The number of hydrogen-bond acceptors (Lipinski definition) is 6. The highest BCUT2D eigenvalue weighted by molar-refractivity contribution is 7.13. The summed E-state index contributed by atoms with van der Waals surface area (Å²) in [4.78, 5) is 8.98. The molecule has 0 saturated carbocycles. The summed E-state index contributed by atoms with van der Waals surface area (Å²) in [6, 6.07) is 7.50. The van der Waals surface area contributed by atoms with E-state index in [9.17, 15) is 10.0 Å². The van der Waals surface area contributed by atoms with Crippen LogP contribution >= 0.6 is 11.3 Å². The van der Waals surface area contributed by atoms with Gasteiger partial charge in [0.25, 0.3) is 0 Å². The Kier molecular flexibility index (Phi) is 4.55. The highest BCUT2D eigenvalue weighted by atomic mass is 32.1. The monoisotopic (exact) mass is 303 g/mol. The summed E-state index contributed by atoms with van der Waals surface area (Å²) in [5.41, 5.74) is 1.58. The van der Waals surface area contributed by atoms with Crippen LogP contribution in [-0.4, -0.2) is 53.2 Å². The Morgan fingerprint density at radius 3 is 2.57 bits per heavy atom. The number of piperazine rings is 1. The molecule has 0 atom stereocenters. The lowest BCUT2D eigenvalue weighted by Gasteiger charge is -2.34. The third-order valence-corrected chi connectivity index (χ3v) is 4.62. The zero-order valence-corrected chi connectivity index (χ0v) is 12.5. The van der Waals surface area contributed by atoms with Crippen LogP contribution in [0.1, 0.15) is 5.56 Å². The molecule has 1 aliphatic rings. The van der Waals surface area contributed by atoms with E-state index in [1.807, 2.05) is 29.8 Å². The Bertz CT molecular complexity index is 571. The third-order valence-electron chi connectivity index (χ3n) is 3.79. The lowest BCUT2D eigenvalue weighted by Crippen LogP contribution is -2.47. The molecule has 21 heavy (non-hydrogen) atoms. The van der Waals surface area contributed by atoms with E-state index in [1.54, 1.807) is 17.4 Å². The lowest BCUT2D eigenvalue weighted by molar-refractivity contribution is 0.250. The van der Waals surface area contributed by atoms with Gasteiger partial charge in [0.05, 0.1) is 0 Å². The van der Waals surface area contributed by atoms with E-state index in [0.717, 1.165) is 43.4 Å². The van der Waals surface area contributed by atoms with Gasteiger partial charge < -0.3 is 14.9 Å². The molecule has 0 aliphatic carbocycles. The van der Waals surface area contributed by atoms with Crippen LogP contribution in [0.4, 0.5) is 5.13 Å². The van der Waals surface area contributed by atoms with E-state index in [0.29, 0.717) is 5.46 Å². The first-order valence-corrected chi connectivity index (χ1v) is 7.93. The van der Waals surface area contributed by atoms with Gasteiger partial charge in [0, 0.05) is 44.3 Å². The topological polar surface area (TPSA) is 59.8 Å². The van der Waals surface area contributed by atoms with Crippen molar-refractivity contribution in [1.82, 2.24) is 9.88 Å². The van der Waals surface area contributed by atoms with Crippen molar-refractivity contribution >= 4 is 29.0 Å². The molecule has 7 heteroatoms. The molecule has 0 spiro atoms. The number of nitrogens with zero attached hydrogens (tertiary/aromatic N) is 3. The van der Waals surface area contributed by atoms with Crippen LogP contribution < -0.4 is 10.4 Å². The second-order valence-electron chi connectivity index (χ2n) is 5.15. The molecule has 1 saturated heterocycles. The molecule has 0 bridgehead atoms. The molecular weight excluding hydrogens is 285 g/mol. The minimum absolute atomic E-state index is 0.597. The lowest BCUT2D eigenvalue weighted by atomic mass is 9.77. The van der Waals surface area contributed by atoms with Crippen LogP contribution in [0.25, 0.3) is 0 Å². The molecule has 1 aromatic heterocycles. The molecule has 0 unspecified atom stereocenters. The van der Waals surface area contributed by atoms with Crippen LogP contribution in [0.15, 0.2) is 35.8 Å². The predicted octanol–water partition coefficient (Wildman–Crippen LogP) is 0.145. The van der Waals surface area contributed by atoms with Crippen molar-refractivity contribution in [2.45, 2.75) is 6.54 Å². The largest absolute Gasteiger partial charge is 0.488 e. The van der Waals surface area contributed by atoms with E-state index >= 15 is 0 Å². The van der Waals surface area contributed by atoms with Gasteiger partial charge in [0.1, 0.15) is 0 Å². The predicted molar refractivity (Wildman–Crippen MR) is 85.9 cm³/mol. The molecule has 0 amide bonds. The number of rotatable bonds is 4. The summed E-state index contributed by atoms with van der Waals surface area (Å²) >= 11 is 1.67. The van der Waals surface area contributed by atoms with Gasteiger partial charge in [-0.05, 0) is 11.0 Å². The molecule has 2 heterocycles. The van der Waals surface area contributed by atoms with Gasteiger partial charge in [-0.1, -0.05) is 24.3 Å². The van der Waals surface area contributed by atoms with E-state index < -0.39 is 7.12 Å². The normalized spacial score (nSPS) is 16.2. The van der Waals surface area contributed by atoms with Gasteiger partial charge in [0.2, 0.25) is 0 Å². The van der Waals surface area contributed by atoms with Crippen molar-refractivity contribution in [3.8, 4) is 0 Å². The first kappa shape index (κ1) is 14.5. The van der Waals surface area contributed by atoms with Crippen molar-refractivity contribution in [3.63, 3.8) is 0 Å². The van der Waals surface area contributed by atoms with Gasteiger partial charge in [-0.25, -0.2) is 4.98 Å². The fourth-order valence-electron chi connectivity index (χ4n) is 2.64. The number of hydrogen-bond donors (Lipinski definition) is 2.